The lowest BCUT2D eigenvalue weighted by atomic mass is 10.2. The molecule has 2 aromatic heterocycles. The van der Waals surface area contributed by atoms with E-state index < -0.39 is 0 Å². The summed E-state index contributed by atoms with van der Waals surface area (Å²) in [5.41, 5.74) is 1.00. The zero-order chi connectivity index (χ0) is 16.9. The molecule has 6 heteroatoms. The summed E-state index contributed by atoms with van der Waals surface area (Å²) in [6.45, 7) is 6.59. The smallest absolute Gasteiger partial charge is 0.128 e. The molecule has 1 aliphatic heterocycles. The highest BCUT2D eigenvalue weighted by Gasteiger charge is 2.24. The predicted molar refractivity (Wildman–Crippen MR) is 95.1 cm³/mol. The normalized spacial score (nSPS) is 18.7. The van der Waals surface area contributed by atoms with Crippen molar-refractivity contribution in [3.8, 4) is 0 Å². The number of aryl methyl sites for hydroxylation is 1. The van der Waals surface area contributed by atoms with Crippen molar-refractivity contribution in [3.63, 3.8) is 0 Å². The lowest BCUT2D eigenvalue weighted by molar-refractivity contribution is -0.0359. The van der Waals surface area contributed by atoms with Crippen LogP contribution in [0.25, 0.3) is 0 Å². The number of rotatable bonds is 6. The van der Waals surface area contributed by atoms with E-state index in [-0.39, 0.29) is 6.10 Å². The van der Waals surface area contributed by atoms with Gasteiger partial charge in [0.05, 0.1) is 18.8 Å². The first-order chi connectivity index (χ1) is 11.7. The number of morpholine rings is 1. The second-order valence-corrected chi connectivity index (χ2v) is 6.45. The zero-order valence-corrected chi connectivity index (χ0v) is 14.9. The second kappa shape index (κ2) is 7.77. The Kier molecular flexibility index (Phi) is 5.48. The molecule has 0 aliphatic carbocycles. The minimum atomic E-state index is 0.0215. The molecule has 2 aromatic rings. The van der Waals surface area contributed by atoms with Crippen LogP contribution in [0.1, 0.15) is 31.0 Å². The first-order valence-electron chi connectivity index (χ1n) is 8.65. The maximum atomic E-state index is 5.98. The van der Waals surface area contributed by atoms with Gasteiger partial charge in [0.1, 0.15) is 17.7 Å². The largest absolute Gasteiger partial charge is 0.369 e. The van der Waals surface area contributed by atoms with Gasteiger partial charge in [-0.3, -0.25) is 4.90 Å². The lowest BCUT2D eigenvalue weighted by Gasteiger charge is -2.32. The maximum absolute atomic E-state index is 5.98. The number of nitrogens with zero attached hydrogens (tertiary/aromatic N) is 5. The predicted octanol–water partition coefficient (Wildman–Crippen LogP) is 2.33. The Morgan fingerprint density at radius 3 is 3.00 bits per heavy atom. The maximum Gasteiger partial charge on any atom is 0.128 e. The number of ether oxygens (including phenoxy) is 1. The third-order valence-electron chi connectivity index (χ3n) is 4.33. The van der Waals surface area contributed by atoms with Crippen LogP contribution in [0.5, 0.6) is 0 Å². The molecule has 3 rings (SSSR count). The van der Waals surface area contributed by atoms with Crippen molar-refractivity contribution in [2.24, 2.45) is 0 Å². The highest BCUT2D eigenvalue weighted by atomic mass is 16.5. The molecule has 0 spiro atoms. The number of aromatic nitrogens is 3. The number of anilines is 1. The Hall–Kier alpha value is -1.92. The highest BCUT2D eigenvalue weighted by Crippen LogP contribution is 2.23. The van der Waals surface area contributed by atoms with Crippen molar-refractivity contribution in [3.05, 3.63) is 42.1 Å². The van der Waals surface area contributed by atoms with E-state index in [1.165, 1.54) is 0 Å². The molecule has 24 heavy (non-hydrogen) atoms. The zero-order valence-electron chi connectivity index (χ0n) is 14.9. The molecule has 1 fully saturated rings. The Morgan fingerprint density at radius 2 is 2.21 bits per heavy atom. The van der Waals surface area contributed by atoms with Gasteiger partial charge in [-0.1, -0.05) is 13.0 Å². The minimum absolute atomic E-state index is 0.0215. The molecule has 0 aromatic carbocycles. The Labute approximate surface area is 144 Å². The van der Waals surface area contributed by atoms with Crippen LogP contribution >= 0.6 is 0 Å². The third-order valence-corrected chi connectivity index (χ3v) is 4.33. The van der Waals surface area contributed by atoms with Crippen molar-refractivity contribution >= 4 is 5.82 Å². The van der Waals surface area contributed by atoms with Gasteiger partial charge in [-0.2, -0.15) is 0 Å². The summed E-state index contributed by atoms with van der Waals surface area (Å²) in [5.74, 6) is 2.10. The SMILES string of the molecule is CCCn1ccnc1CN1CCO[C@@H](c2cccc(N(C)C)n2)C1. The topological polar surface area (TPSA) is 46.4 Å². The van der Waals surface area contributed by atoms with Crippen LogP contribution in [-0.4, -0.2) is 53.2 Å². The number of pyridine rings is 1. The van der Waals surface area contributed by atoms with Crippen molar-refractivity contribution in [2.75, 3.05) is 38.7 Å². The van der Waals surface area contributed by atoms with Gasteiger partial charge in [-0.05, 0) is 18.6 Å². The standard InChI is InChI=1S/C18H27N5O/c1-4-9-23-10-8-19-18(23)14-22-11-12-24-16(13-22)15-6-5-7-17(20-15)21(2)3/h5-8,10,16H,4,9,11-14H2,1-3H3/t16-/m1/s1. The van der Waals surface area contributed by atoms with Gasteiger partial charge in [-0.15, -0.1) is 0 Å². The summed E-state index contributed by atoms with van der Waals surface area (Å²) < 4.78 is 8.22. The van der Waals surface area contributed by atoms with Gasteiger partial charge in [-0.25, -0.2) is 9.97 Å². The van der Waals surface area contributed by atoms with Gasteiger partial charge < -0.3 is 14.2 Å². The molecule has 0 saturated carbocycles. The average Bonchev–Trinajstić information content (AvgIpc) is 3.02. The van der Waals surface area contributed by atoms with E-state index in [4.69, 9.17) is 9.72 Å². The van der Waals surface area contributed by atoms with Crippen LogP contribution in [-0.2, 0) is 17.8 Å². The first-order valence-corrected chi connectivity index (χ1v) is 8.65. The van der Waals surface area contributed by atoms with Crippen LogP contribution in [0.4, 0.5) is 5.82 Å². The van der Waals surface area contributed by atoms with Crippen molar-refractivity contribution in [2.45, 2.75) is 32.5 Å². The number of hydrogen-bond acceptors (Lipinski definition) is 5. The van der Waals surface area contributed by atoms with Crippen LogP contribution in [0, 0.1) is 0 Å². The third kappa shape index (κ3) is 3.94. The molecule has 1 aliphatic rings. The molecule has 6 nitrogen and oxygen atoms in total. The fourth-order valence-corrected chi connectivity index (χ4v) is 3.03. The Balaban J connectivity index is 1.68. The fourth-order valence-electron chi connectivity index (χ4n) is 3.03. The van der Waals surface area contributed by atoms with Crippen LogP contribution in [0.15, 0.2) is 30.6 Å². The van der Waals surface area contributed by atoms with E-state index in [9.17, 15) is 0 Å². The van der Waals surface area contributed by atoms with E-state index in [2.05, 4.69) is 33.6 Å². The van der Waals surface area contributed by atoms with E-state index in [1.54, 1.807) is 0 Å². The lowest BCUT2D eigenvalue weighted by Crippen LogP contribution is -2.38. The quantitative estimate of drug-likeness (QED) is 0.814. The summed E-state index contributed by atoms with van der Waals surface area (Å²) in [4.78, 5) is 13.7. The number of hydrogen-bond donors (Lipinski definition) is 0. The minimum Gasteiger partial charge on any atom is -0.369 e. The second-order valence-electron chi connectivity index (χ2n) is 6.45. The van der Waals surface area contributed by atoms with E-state index >= 15 is 0 Å². The van der Waals surface area contributed by atoms with E-state index in [0.29, 0.717) is 0 Å². The summed E-state index contributed by atoms with van der Waals surface area (Å²) in [5, 5.41) is 0. The highest BCUT2D eigenvalue weighted by molar-refractivity contribution is 5.37. The van der Waals surface area contributed by atoms with E-state index in [1.807, 2.05) is 37.3 Å². The van der Waals surface area contributed by atoms with Crippen molar-refractivity contribution in [1.82, 2.24) is 19.4 Å². The molecule has 0 bridgehead atoms. The molecular weight excluding hydrogens is 302 g/mol. The molecule has 0 unspecified atom stereocenters. The summed E-state index contributed by atoms with van der Waals surface area (Å²) >= 11 is 0. The van der Waals surface area contributed by atoms with Gasteiger partial charge >= 0.3 is 0 Å². The monoisotopic (exact) mass is 329 g/mol. The fraction of sp³-hybridized carbons (Fsp3) is 0.556. The van der Waals surface area contributed by atoms with Gasteiger partial charge in [0.2, 0.25) is 0 Å². The van der Waals surface area contributed by atoms with Crippen molar-refractivity contribution < 1.29 is 4.74 Å². The molecule has 0 N–H and O–H groups in total. The van der Waals surface area contributed by atoms with Gasteiger partial charge in [0, 0.05) is 46.1 Å². The molecule has 0 radical (unpaired) electrons. The van der Waals surface area contributed by atoms with E-state index in [0.717, 1.165) is 56.5 Å². The molecule has 3 heterocycles. The molecule has 0 amide bonds. The molecule has 1 atom stereocenters. The molecule has 1 saturated heterocycles. The molecule has 130 valence electrons. The number of imidazole rings is 1. The first kappa shape index (κ1) is 16.9. The van der Waals surface area contributed by atoms with Crippen LogP contribution < -0.4 is 4.90 Å². The van der Waals surface area contributed by atoms with Gasteiger partial charge in [0.25, 0.3) is 0 Å². The van der Waals surface area contributed by atoms with Gasteiger partial charge in [0.15, 0.2) is 0 Å². The summed E-state index contributed by atoms with van der Waals surface area (Å²) in [6.07, 6.45) is 5.11. The average molecular weight is 329 g/mol. The van der Waals surface area contributed by atoms with Crippen LogP contribution in [0.3, 0.4) is 0 Å². The Morgan fingerprint density at radius 1 is 1.33 bits per heavy atom. The Bertz CT molecular complexity index is 654. The summed E-state index contributed by atoms with van der Waals surface area (Å²) in [6, 6.07) is 6.12. The van der Waals surface area contributed by atoms with Crippen molar-refractivity contribution in [1.29, 1.82) is 0 Å². The molecular formula is C18H27N5O. The van der Waals surface area contributed by atoms with Crippen LogP contribution in [0.2, 0.25) is 0 Å². The summed E-state index contributed by atoms with van der Waals surface area (Å²) in [7, 11) is 4.02.